The third kappa shape index (κ3) is 7.02. The second-order valence-corrected chi connectivity index (χ2v) is 7.10. The summed E-state index contributed by atoms with van der Waals surface area (Å²) in [5.41, 5.74) is 5.36. The van der Waals surface area contributed by atoms with Crippen LogP contribution in [0.2, 0.25) is 0 Å². The Morgan fingerprint density at radius 1 is 1.38 bits per heavy atom. The summed E-state index contributed by atoms with van der Waals surface area (Å²) in [6, 6.07) is 3.75. The first-order chi connectivity index (χ1) is 12.5. The number of ether oxygens (including phenoxy) is 2. The highest BCUT2D eigenvalue weighted by Crippen LogP contribution is 2.18. The average molecular weight is 386 g/mol. The quantitative estimate of drug-likeness (QED) is 0.318. The van der Waals surface area contributed by atoms with Crippen molar-refractivity contribution in [3.8, 4) is 0 Å². The largest absolute Gasteiger partial charge is 0.481 e. The number of rotatable bonds is 9. The Bertz CT molecular complexity index is 600. The Morgan fingerprint density at radius 3 is 2.88 bits per heavy atom. The number of aliphatic carboxylic acids is 1. The van der Waals surface area contributed by atoms with Crippen molar-refractivity contribution in [1.29, 1.82) is 0 Å². The lowest BCUT2D eigenvalue weighted by atomic mass is 9.79. The summed E-state index contributed by atoms with van der Waals surface area (Å²) in [5, 5.41) is 21.5. The lowest BCUT2D eigenvalue weighted by molar-refractivity contribution is -0.139. The first-order valence-electron chi connectivity index (χ1n) is 8.25. The Morgan fingerprint density at radius 2 is 2.15 bits per heavy atom. The first-order valence-corrected chi connectivity index (χ1v) is 9.07. The molecule has 11 heteroatoms. The fourth-order valence-electron chi connectivity index (χ4n) is 2.42. The predicted molar refractivity (Wildman–Crippen MR) is 94.6 cm³/mol. The minimum Gasteiger partial charge on any atom is -0.481 e. The van der Waals surface area contributed by atoms with Gasteiger partial charge in [0, 0.05) is 16.3 Å². The molecule has 1 fully saturated rings. The summed E-state index contributed by atoms with van der Waals surface area (Å²) < 4.78 is 15.9. The zero-order valence-corrected chi connectivity index (χ0v) is 15.1. The van der Waals surface area contributed by atoms with E-state index in [1.165, 1.54) is 11.3 Å². The molecule has 2 heterocycles. The molecule has 9 nitrogen and oxygen atoms in total. The first kappa shape index (κ1) is 20.8. The van der Waals surface area contributed by atoms with E-state index in [0.717, 1.165) is 9.75 Å². The van der Waals surface area contributed by atoms with Crippen molar-refractivity contribution in [2.45, 2.75) is 31.5 Å². The highest BCUT2D eigenvalue weighted by Gasteiger charge is 2.35. The number of thiophene rings is 1. The third-order valence-corrected chi connectivity index (χ3v) is 4.64. The normalized spacial score (nSPS) is 20.6. The van der Waals surface area contributed by atoms with Crippen molar-refractivity contribution in [3.05, 3.63) is 21.9 Å². The van der Waals surface area contributed by atoms with Gasteiger partial charge in [0.15, 0.2) is 0 Å². The van der Waals surface area contributed by atoms with Crippen molar-refractivity contribution >= 4 is 30.3 Å². The second kappa shape index (κ2) is 10.6. The van der Waals surface area contributed by atoms with Crippen LogP contribution in [-0.2, 0) is 36.7 Å². The number of carboxylic acids is 1. The molecule has 0 spiro atoms. The molecule has 2 atom stereocenters. The molecule has 26 heavy (non-hydrogen) atoms. The van der Waals surface area contributed by atoms with Crippen LogP contribution in [0.25, 0.3) is 0 Å². The van der Waals surface area contributed by atoms with Gasteiger partial charge in [0.25, 0.3) is 0 Å². The Labute approximate surface area is 155 Å². The van der Waals surface area contributed by atoms with E-state index in [2.05, 4.69) is 5.32 Å². The van der Waals surface area contributed by atoms with Crippen LogP contribution < -0.4 is 11.1 Å². The van der Waals surface area contributed by atoms with E-state index in [9.17, 15) is 14.6 Å². The minimum absolute atomic E-state index is 0.0473. The number of hydrogen-bond acceptors (Lipinski definition) is 8. The summed E-state index contributed by atoms with van der Waals surface area (Å²) in [4.78, 5) is 24.8. The number of carbonyl (C=O) groups excluding carboxylic acids is 1. The molecule has 0 radical (unpaired) electrons. The van der Waals surface area contributed by atoms with E-state index in [1.807, 2.05) is 12.1 Å². The number of amides is 1. The molecule has 1 aromatic rings. The Kier molecular flexibility index (Phi) is 8.49. The smallest absolute Gasteiger partial charge is 0.480 e. The maximum Gasteiger partial charge on any atom is 0.480 e. The molecule has 1 aliphatic heterocycles. The monoisotopic (exact) mass is 386 g/mol. The molecular formula is C15H23BN2O7S. The van der Waals surface area contributed by atoms with Gasteiger partial charge in [0.1, 0.15) is 0 Å². The molecule has 2 rings (SSSR count). The maximum atomic E-state index is 12.2. The molecule has 5 N–H and O–H groups in total. The molecule has 1 aliphatic rings. The fraction of sp³-hybridized carbons (Fsp3) is 0.600. The minimum atomic E-state index is -1.32. The standard InChI is InChI=1S/C15H23BN2O7S/c17-3-4-23-8-12-2-1-11(26-12)6-14(19)18-13-9-24-7-10(5-15(20)21)25-16(13)22/h1-2,10,13,22H,3-9,17H2,(H,18,19)(H,20,21). The second-order valence-electron chi connectivity index (χ2n) is 5.84. The third-order valence-electron chi connectivity index (χ3n) is 3.58. The van der Waals surface area contributed by atoms with Gasteiger partial charge in [-0.05, 0) is 12.1 Å². The molecule has 144 valence electrons. The number of carbonyl (C=O) groups is 2. The molecule has 0 aromatic carbocycles. The van der Waals surface area contributed by atoms with E-state index in [4.69, 9.17) is 25.0 Å². The lowest BCUT2D eigenvalue weighted by Crippen LogP contribution is -2.50. The van der Waals surface area contributed by atoms with Crippen LogP contribution in [0.15, 0.2) is 12.1 Å². The van der Waals surface area contributed by atoms with Gasteiger partial charge >= 0.3 is 13.1 Å². The molecule has 0 aliphatic carbocycles. The molecule has 1 amide bonds. The highest BCUT2D eigenvalue weighted by atomic mass is 32.1. The van der Waals surface area contributed by atoms with Crippen LogP contribution >= 0.6 is 11.3 Å². The van der Waals surface area contributed by atoms with E-state index in [0.29, 0.717) is 19.8 Å². The maximum absolute atomic E-state index is 12.2. The molecule has 0 saturated carbocycles. The van der Waals surface area contributed by atoms with Gasteiger partial charge in [0.05, 0.1) is 51.3 Å². The molecule has 1 aromatic heterocycles. The summed E-state index contributed by atoms with van der Waals surface area (Å²) in [6.07, 6.45) is -0.872. The van der Waals surface area contributed by atoms with E-state index in [1.54, 1.807) is 0 Å². The summed E-state index contributed by atoms with van der Waals surface area (Å²) >= 11 is 1.47. The van der Waals surface area contributed by atoms with Gasteiger partial charge in [-0.1, -0.05) is 0 Å². The van der Waals surface area contributed by atoms with Crippen LogP contribution in [0.5, 0.6) is 0 Å². The van der Waals surface area contributed by atoms with E-state index < -0.39 is 25.1 Å². The van der Waals surface area contributed by atoms with Crippen molar-refractivity contribution in [3.63, 3.8) is 0 Å². The summed E-state index contributed by atoms with van der Waals surface area (Å²) in [7, 11) is -1.32. The van der Waals surface area contributed by atoms with Crippen molar-refractivity contribution in [1.82, 2.24) is 5.32 Å². The van der Waals surface area contributed by atoms with E-state index >= 15 is 0 Å². The van der Waals surface area contributed by atoms with Gasteiger partial charge < -0.3 is 35.3 Å². The van der Waals surface area contributed by atoms with Crippen molar-refractivity contribution in [2.75, 3.05) is 26.4 Å². The summed E-state index contributed by atoms with van der Waals surface area (Å²) in [6.45, 7) is 1.49. The molecular weight excluding hydrogens is 363 g/mol. The SMILES string of the molecule is NCCOCc1ccc(CC(=O)NC2COCC(CC(=O)O)OB2O)s1. The topological polar surface area (TPSA) is 140 Å². The van der Waals surface area contributed by atoms with Gasteiger partial charge in [0.2, 0.25) is 5.91 Å². The van der Waals surface area contributed by atoms with Crippen LogP contribution in [0.3, 0.4) is 0 Å². The van der Waals surface area contributed by atoms with Crippen LogP contribution in [0, 0.1) is 0 Å². The number of carboxylic acid groups (broad SMARTS) is 1. The molecule has 1 saturated heterocycles. The number of nitrogens with one attached hydrogen (secondary N) is 1. The van der Waals surface area contributed by atoms with Crippen molar-refractivity contribution in [2.24, 2.45) is 5.73 Å². The zero-order valence-electron chi connectivity index (χ0n) is 14.3. The van der Waals surface area contributed by atoms with E-state index in [-0.39, 0.29) is 32.0 Å². The summed E-state index contributed by atoms with van der Waals surface area (Å²) in [5.74, 6) is -2.08. The fourth-order valence-corrected chi connectivity index (χ4v) is 3.38. The Hall–Kier alpha value is -1.50. The van der Waals surface area contributed by atoms with Crippen LogP contribution in [0.1, 0.15) is 16.2 Å². The van der Waals surface area contributed by atoms with Crippen molar-refractivity contribution < 1.29 is 33.8 Å². The Balaban J connectivity index is 1.80. The van der Waals surface area contributed by atoms with Gasteiger partial charge in [-0.2, -0.15) is 0 Å². The van der Waals surface area contributed by atoms with Gasteiger partial charge in [-0.3, -0.25) is 9.59 Å². The van der Waals surface area contributed by atoms with Gasteiger partial charge in [-0.25, -0.2) is 0 Å². The predicted octanol–water partition coefficient (Wildman–Crippen LogP) is -0.839. The zero-order chi connectivity index (χ0) is 18.9. The molecule has 2 unspecified atom stereocenters. The molecule has 0 bridgehead atoms. The number of nitrogens with two attached hydrogens (primary N) is 1. The van der Waals surface area contributed by atoms with Gasteiger partial charge in [-0.15, -0.1) is 11.3 Å². The average Bonchev–Trinajstić information content (AvgIpc) is 2.93. The van der Waals surface area contributed by atoms with Crippen LogP contribution in [-0.4, -0.2) is 67.5 Å². The lowest BCUT2D eigenvalue weighted by Gasteiger charge is -2.18. The highest BCUT2D eigenvalue weighted by molar-refractivity contribution is 7.12. The number of hydrogen-bond donors (Lipinski definition) is 4. The van der Waals surface area contributed by atoms with Crippen LogP contribution in [0.4, 0.5) is 0 Å².